The molecule has 0 atom stereocenters. The van der Waals surface area contributed by atoms with Crippen LogP contribution in [0.25, 0.3) is 5.69 Å². The largest absolute Gasteiger partial charge is 0.306 e. The monoisotopic (exact) mass is 202 g/mol. The number of aromatic nitrogens is 2. The predicted octanol–water partition coefficient (Wildman–Crippen LogP) is 2.61. The van der Waals surface area contributed by atoms with Gasteiger partial charge in [0.25, 0.3) is 0 Å². The van der Waals surface area contributed by atoms with Gasteiger partial charge in [0.1, 0.15) is 0 Å². The molecule has 1 aromatic carbocycles. The van der Waals surface area contributed by atoms with Crippen molar-refractivity contribution in [3.05, 3.63) is 48.5 Å². The van der Waals surface area contributed by atoms with E-state index in [9.17, 15) is 0 Å². The van der Waals surface area contributed by atoms with Crippen LogP contribution in [0.5, 0.6) is 0 Å². The van der Waals surface area contributed by atoms with Crippen LogP contribution < -0.4 is 0 Å². The first-order chi connectivity index (χ1) is 6.77. The Morgan fingerprint density at radius 2 is 2.00 bits per heavy atom. The fraction of sp³-hybridized carbons (Fsp3) is 0.0909. The van der Waals surface area contributed by atoms with E-state index in [1.165, 1.54) is 0 Å². The van der Waals surface area contributed by atoms with E-state index in [1.54, 1.807) is 12.5 Å². The quantitative estimate of drug-likeness (QED) is 0.550. The third-order valence-corrected chi connectivity index (χ3v) is 2.31. The molecule has 1 aromatic heterocycles. The molecule has 0 aliphatic heterocycles. The van der Waals surface area contributed by atoms with Gasteiger partial charge in [0, 0.05) is 22.9 Å². The Kier molecular flexibility index (Phi) is 2.41. The van der Waals surface area contributed by atoms with E-state index >= 15 is 0 Å². The summed E-state index contributed by atoms with van der Waals surface area (Å²) in [4.78, 5) is 4.91. The Balaban J connectivity index is 2.36. The second-order valence-electron chi connectivity index (χ2n) is 3.07. The lowest BCUT2D eigenvalue weighted by Gasteiger charge is -2.03. The average molecular weight is 202 g/mol. The molecule has 0 fully saturated rings. The molecule has 0 aliphatic rings. The highest BCUT2D eigenvalue weighted by Crippen LogP contribution is 2.09. The maximum atomic E-state index is 5.09. The summed E-state index contributed by atoms with van der Waals surface area (Å²) in [5, 5.41) is 0. The fourth-order valence-electron chi connectivity index (χ4n) is 1.28. The molecule has 1 heterocycles. The van der Waals surface area contributed by atoms with E-state index in [2.05, 4.69) is 4.98 Å². The van der Waals surface area contributed by atoms with Crippen molar-refractivity contribution in [1.82, 2.24) is 9.55 Å². The lowest BCUT2D eigenvalue weighted by molar-refractivity contribution is 1.06. The zero-order valence-corrected chi connectivity index (χ0v) is 8.66. The minimum absolute atomic E-state index is 0.919. The highest BCUT2D eigenvalue weighted by Gasteiger charge is 1.97. The van der Waals surface area contributed by atoms with Gasteiger partial charge in [-0.1, -0.05) is 24.4 Å². The highest BCUT2D eigenvalue weighted by molar-refractivity contribution is 7.80. The Morgan fingerprint density at radius 3 is 2.50 bits per heavy atom. The van der Waals surface area contributed by atoms with E-state index in [-0.39, 0.29) is 0 Å². The molecule has 0 saturated heterocycles. The van der Waals surface area contributed by atoms with Gasteiger partial charge in [0.15, 0.2) is 0 Å². The van der Waals surface area contributed by atoms with Crippen LogP contribution in [0.4, 0.5) is 0 Å². The zero-order chi connectivity index (χ0) is 9.97. The molecule has 2 aromatic rings. The van der Waals surface area contributed by atoms with E-state index in [0.717, 1.165) is 16.1 Å². The molecule has 0 amide bonds. The first kappa shape index (κ1) is 9.09. The summed E-state index contributed by atoms with van der Waals surface area (Å²) < 4.78 is 1.96. The predicted molar refractivity (Wildman–Crippen MR) is 60.9 cm³/mol. The van der Waals surface area contributed by atoms with Crippen LogP contribution in [0.1, 0.15) is 12.5 Å². The molecule has 0 N–H and O–H groups in total. The van der Waals surface area contributed by atoms with Gasteiger partial charge >= 0.3 is 0 Å². The SMILES string of the molecule is CC(=S)c1ccc(-n2ccnc2)cc1. The van der Waals surface area contributed by atoms with Crippen LogP contribution in [0.2, 0.25) is 0 Å². The zero-order valence-electron chi connectivity index (χ0n) is 7.84. The van der Waals surface area contributed by atoms with Crippen LogP contribution in [0, 0.1) is 0 Å². The average Bonchev–Trinajstić information content (AvgIpc) is 2.71. The smallest absolute Gasteiger partial charge is 0.0991 e. The van der Waals surface area contributed by atoms with Gasteiger partial charge in [0.2, 0.25) is 0 Å². The number of rotatable bonds is 2. The van der Waals surface area contributed by atoms with Crippen LogP contribution in [-0.2, 0) is 0 Å². The number of hydrogen-bond donors (Lipinski definition) is 0. The maximum absolute atomic E-state index is 5.09. The second-order valence-corrected chi connectivity index (χ2v) is 3.69. The van der Waals surface area contributed by atoms with Crippen molar-refractivity contribution < 1.29 is 0 Å². The summed E-state index contributed by atoms with van der Waals surface area (Å²) in [6.45, 7) is 1.93. The Hall–Kier alpha value is -1.48. The molecule has 2 nitrogen and oxygen atoms in total. The van der Waals surface area contributed by atoms with Crippen molar-refractivity contribution in [2.24, 2.45) is 0 Å². The van der Waals surface area contributed by atoms with Gasteiger partial charge in [-0.15, -0.1) is 0 Å². The van der Waals surface area contributed by atoms with E-state index in [4.69, 9.17) is 12.2 Å². The molecule has 0 bridgehead atoms. The van der Waals surface area contributed by atoms with Crippen molar-refractivity contribution >= 4 is 17.1 Å². The van der Waals surface area contributed by atoms with Gasteiger partial charge in [-0.25, -0.2) is 4.98 Å². The third kappa shape index (κ3) is 1.72. The summed E-state index contributed by atoms with van der Waals surface area (Å²) in [5.41, 5.74) is 2.20. The molecule has 70 valence electrons. The first-order valence-corrected chi connectivity index (χ1v) is 4.77. The summed E-state index contributed by atoms with van der Waals surface area (Å²) in [5.74, 6) is 0. The minimum atomic E-state index is 0.919. The van der Waals surface area contributed by atoms with E-state index in [1.807, 2.05) is 42.0 Å². The highest BCUT2D eigenvalue weighted by atomic mass is 32.1. The molecule has 0 radical (unpaired) electrons. The van der Waals surface area contributed by atoms with Crippen molar-refractivity contribution in [3.63, 3.8) is 0 Å². The normalized spacial score (nSPS) is 10.1. The summed E-state index contributed by atoms with van der Waals surface area (Å²) in [6.07, 6.45) is 5.46. The van der Waals surface area contributed by atoms with E-state index < -0.39 is 0 Å². The molecule has 2 rings (SSSR count). The molecule has 0 unspecified atom stereocenters. The summed E-state index contributed by atoms with van der Waals surface area (Å²) >= 11 is 5.09. The molecular weight excluding hydrogens is 192 g/mol. The number of imidazole rings is 1. The lowest BCUT2D eigenvalue weighted by Crippen LogP contribution is -1.93. The molecule has 0 saturated carbocycles. The van der Waals surface area contributed by atoms with Crippen LogP contribution in [0.15, 0.2) is 43.0 Å². The van der Waals surface area contributed by atoms with Gasteiger partial charge < -0.3 is 4.57 Å². The molecular formula is C11H10N2S. The van der Waals surface area contributed by atoms with Crippen LogP contribution in [0.3, 0.4) is 0 Å². The topological polar surface area (TPSA) is 17.8 Å². The van der Waals surface area contributed by atoms with Crippen molar-refractivity contribution in [3.8, 4) is 5.69 Å². The van der Waals surface area contributed by atoms with Gasteiger partial charge in [-0.2, -0.15) is 0 Å². The number of thiocarbonyl (C=S) groups is 1. The molecule has 14 heavy (non-hydrogen) atoms. The van der Waals surface area contributed by atoms with Crippen molar-refractivity contribution in [2.75, 3.05) is 0 Å². The lowest BCUT2D eigenvalue weighted by atomic mass is 10.1. The maximum Gasteiger partial charge on any atom is 0.0991 e. The standard InChI is InChI=1S/C11H10N2S/c1-9(14)10-2-4-11(5-3-10)13-7-6-12-8-13/h2-8H,1H3. The first-order valence-electron chi connectivity index (χ1n) is 4.37. The number of benzene rings is 1. The summed E-state index contributed by atoms with van der Waals surface area (Å²) in [7, 11) is 0. The van der Waals surface area contributed by atoms with Gasteiger partial charge in [-0.05, 0) is 24.6 Å². The Bertz CT molecular complexity index is 429. The van der Waals surface area contributed by atoms with Gasteiger partial charge in [-0.3, -0.25) is 0 Å². The van der Waals surface area contributed by atoms with Gasteiger partial charge in [0.05, 0.1) is 6.33 Å². The molecule has 3 heteroatoms. The minimum Gasteiger partial charge on any atom is -0.306 e. The number of nitrogens with zero attached hydrogens (tertiary/aromatic N) is 2. The Labute approximate surface area is 88.2 Å². The second kappa shape index (κ2) is 3.72. The van der Waals surface area contributed by atoms with E-state index in [0.29, 0.717) is 0 Å². The third-order valence-electron chi connectivity index (χ3n) is 2.08. The molecule has 0 spiro atoms. The number of hydrogen-bond acceptors (Lipinski definition) is 2. The van der Waals surface area contributed by atoms with Crippen molar-refractivity contribution in [2.45, 2.75) is 6.92 Å². The van der Waals surface area contributed by atoms with Crippen LogP contribution >= 0.6 is 12.2 Å². The Morgan fingerprint density at radius 1 is 1.29 bits per heavy atom. The van der Waals surface area contributed by atoms with Crippen LogP contribution in [-0.4, -0.2) is 14.4 Å². The fourth-order valence-corrected chi connectivity index (χ4v) is 1.42. The summed E-state index contributed by atoms with van der Waals surface area (Å²) in [6, 6.07) is 8.12. The molecule has 0 aliphatic carbocycles. The van der Waals surface area contributed by atoms with Crippen molar-refractivity contribution in [1.29, 1.82) is 0 Å².